The van der Waals surface area contributed by atoms with Crippen LogP contribution in [0.4, 0.5) is 11.6 Å². The van der Waals surface area contributed by atoms with Crippen LogP contribution in [0.2, 0.25) is 5.02 Å². The minimum absolute atomic E-state index is 0.207. The molecule has 2 heterocycles. The Morgan fingerprint density at radius 1 is 1.06 bits per heavy atom. The van der Waals surface area contributed by atoms with Gasteiger partial charge in [0.2, 0.25) is 11.1 Å². The van der Waals surface area contributed by atoms with Gasteiger partial charge in [-0.15, -0.1) is 5.10 Å². The van der Waals surface area contributed by atoms with Gasteiger partial charge >= 0.3 is 0 Å². The Morgan fingerprint density at radius 2 is 1.86 bits per heavy atom. The molecule has 0 bridgehead atoms. The minimum atomic E-state index is -0.480. The number of para-hydroxylation sites is 1. The van der Waals surface area contributed by atoms with E-state index in [4.69, 9.17) is 21.7 Å². The van der Waals surface area contributed by atoms with Gasteiger partial charge in [-0.05, 0) is 61.7 Å². The molecule has 36 heavy (non-hydrogen) atoms. The number of aromatic nitrogens is 3. The van der Waals surface area contributed by atoms with Gasteiger partial charge in [0.15, 0.2) is 0 Å². The monoisotopic (exact) mass is 515 g/mol. The van der Waals surface area contributed by atoms with Gasteiger partial charge in [0, 0.05) is 22.2 Å². The summed E-state index contributed by atoms with van der Waals surface area (Å²) >= 11 is 7.93. The lowest BCUT2D eigenvalue weighted by atomic mass is 9.95. The van der Waals surface area contributed by atoms with Gasteiger partial charge in [0.25, 0.3) is 5.91 Å². The Kier molecular flexibility index (Phi) is 6.85. The van der Waals surface area contributed by atoms with E-state index < -0.39 is 6.04 Å². The molecule has 0 radical (unpaired) electrons. The highest BCUT2D eigenvalue weighted by atomic mass is 35.5. The molecule has 0 saturated heterocycles. The topological polar surface area (TPSA) is 71.8 Å². The van der Waals surface area contributed by atoms with Gasteiger partial charge in [0.1, 0.15) is 6.04 Å². The molecule has 4 aromatic rings. The van der Waals surface area contributed by atoms with Crippen LogP contribution in [-0.2, 0) is 10.5 Å². The largest absolute Gasteiger partial charge is 0.328 e. The first-order valence-corrected chi connectivity index (χ1v) is 13.0. The van der Waals surface area contributed by atoms with E-state index in [9.17, 15) is 4.79 Å². The first-order valence-electron chi connectivity index (χ1n) is 11.6. The maximum absolute atomic E-state index is 13.5. The summed E-state index contributed by atoms with van der Waals surface area (Å²) in [7, 11) is 0. The summed E-state index contributed by atoms with van der Waals surface area (Å²) in [6, 6.07) is 22.9. The van der Waals surface area contributed by atoms with Crippen molar-refractivity contribution in [2.45, 2.75) is 37.7 Å². The summed E-state index contributed by atoms with van der Waals surface area (Å²) in [5, 5.41) is 12.4. The van der Waals surface area contributed by atoms with Crippen molar-refractivity contribution in [2.24, 2.45) is 0 Å². The zero-order valence-electron chi connectivity index (χ0n) is 20.2. The molecule has 1 aromatic heterocycles. The van der Waals surface area contributed by atoms with Crippen LogP contribution in [0.15, 0.2) is 89.2 Å². The standard InChI is InChI=1S/C28H26ClN5OS/c1-17-12-13-18(2)21(14-17)16-36-28-32-27-30-19(3)24(26(35)31-23-10-5-4-6-11-23)25(34(27)33-28)20-8-7-9-22(29)15-20/h4-15,25H,16H2,1-3H3,(H,31,35)(H,30,32,33)/t25-/m1/s1. The van der Waals surface area contributed by atoms with E-state index in [2.05, 4.69) is 42.7 Å². The van der Waals surface area contributed by atoms with E-state index in [0.717, 1.165) is 22.7 Å². The van der Waals surface area contributed by atoms with E-state index >= 15 is 0 Å². The maximum atomic E-state index is 13.5. The van der Waals surface area contributed by atoms with Gasteiger partial charge in [-0.2, -0.15) is 4.98 Å². The number of fused-ring (bicyclic) bond motifs is 1. The van der Waals surface area contributed by atoms with Crippen LogP contribution in [0, 0.1) is 13.8 Å². The molecule has 8 heteroatoms. The molecule has 1 amide bonds. The molecule has 0 spiro atoms. The predicted octanol–water partition coefficient (Wildman–Crippen LogP) is 6.77. The number of aryl methyl sites for hydroxylation is 2. The van der Waals surface area contributed by atoms with Crippen molar-refractivity contribution in [3.8, 4) is 0 Å². The van der Waals surface area contributed by atoms with Crippen molar-refractivity contribution in [3.05, 3.63) is 111 Å². The van der Waals surface area contributed by atoms with E-state index in [1.165, 1.54) is 16.7 Å². The van der Waals surface area contributed by atoms with Crippen LogP contribution in [0.3, 0.4) is 0 Å². The Morgan fingerprint density at radius 3 is 2.64 bits per heavy atom. The van der Waals surface area contributed by atoms with Crippen LogP contribution >= 0.6 is 23.4 Å². The highest BCUT2D eigenvalue weighted by molar-refractivity contribution is 7.98. The first-order chi connectivity index (χ1) is 17.4. The van der Waals surface area contributed by atoms with Crippen molar-refractivity contribution < 1.29 is 4.79 Å². The molecule has 3 aromatic carbocycles. The number of carbonyl (C=O) groups excluding carboxylic acids is 1. The van der Waals surface area contributed by atoms with Gasteiger partial charge in [-0.25, -0.2) is 4.68 Å². The third-order valence-corrected chi connectivity index (χ3v) is 7.26. The predicted molar refractivity (Wildman–Crippen MR) is 146 cm³/mol. The number of carbonyl (C=O) groups is 1. The zero-order chi connectivity index (χ0) is 25.2. The van der Waals surface area contributed by atoms with Crippen molar-refractivity contribution in [1.82, 2.24) is 14.8 Å². The number of amides is 1. The second-order valence-corrected chi connectivity index (χ2v) is 10.2. The molecular weight excluding hydrogens is 490 g/mol. The van der Waals surface area contributed by atoms with Crippen molar-refractivity contribution in [2.75, 3.05) is 10.6 Å². The molecular formula is C28H26ClN5OS. The fourth-order valence-electron chi connectivity index (χ4n) is 4.29. The molecule has 1 atom stereocenters. The molecule has 0 fully saturated rings. The van der Waals surface area contributed by atoms with Crippen LogP contribution < -0.4 is 10.6 Å². The summed E-state index contributed by atoms with van der Waals surface area (Å²) in [4.78, 5) is 18.3. The lowest BCUT2D eigenvalue weighted by Gasteiger charge is -2.28. The number of anilines is 2. The number of nitrogens with one attached hydrogen (secondary N) is 2. The number of halogens is 1. The average molecular weight is 516 g/mol. The number of thioether (sulfide) groups is 1. The molecule has 0 unspecified atom stereocenters. The number of hydrogen-bond acceptors (Lipinski definition) is 5. The third-order valence-electron chi connectivity index (χ3n) is 6.14. The Bertz CT molecular complexity index is 1460. The second kappa shape index (κ2) is 10.2. The molecule has 2 N–H and O–H groups in total. The van der Waals surface area contributed by atoms with E-state index in [1.54, 1.807) is 16.4 Å². The molecule has 182 valence electrons. The highest BCUT2D eigenvalue weighted by Crippen LogP contribution is 2.37. The fraction of sp³-hybridized carbons (Fsp3) is 0.179. The normalized spacial score (nSPS) is 14.8. The summed E-state index contributed by atoms with van der Waals surface area (Å²) in [6.07, 6.45) is 0. The number of hydrogen-bond donors (Lipinski definition) is 2. The molecule has 0 aliphatic carbocycles. The third kappa shape index (κ3) is 5.03. The smallest absolute Gasteiger partial charge is 0.255 e. The summed E-state index contributed by atoms with van der Waals surface area (Å²) in [5.41, 5.74) is 6.59. The highest BCUT2D eigenvalue weighted by Gasteiger charge is 2.34. The summed E-state index contributed by atoms with van der Waals surface area (Å²) in [5.74, 6) is 1.14. The SMILES string of the molecule is CC1=C(C(=O)Nc2ccccc2)[C@@H](c2cccc(Cl)c2)n2nc(SCc3cc(C)ccc3C)nc2N1. The van der Waals surface area contributed by atoms with Crippen LogP contribution in [0.25, 0.3) is 0 Å². The van der Waals surface area contributed by atoms with Crippen LogP contribution in [0.1, 0.15) is 35.2 Å². The number of benzene rings is 3. The van der Waals surface area contributed by atoms with E-state index in [-0.39, 0.29) is 5.91 Å². The molecule has 0 saturated carbocycles. The quantitative estimate of drug-likeness (QED) is 0.277. The lowest BCUT2D eigenvalue weighted by molar-refractivity contribution is -0.113. The van der Waals surface area contributed by atoms with Gasteiger partial charge in [-0.3, -0.25) is 4.79 Å². The van der Waals surface area contributed by atoms with E-state index in [0.29, 0.717) is 21.7 Å². The number of rotatable bonds is 6. The molecule has 6 nitrogen and oxygen atoms in total. The Labute approximate surface area is 219 Å². The zero-order valence-corrected chi connectivity index (χ0v) is 21.8. The second-order valence-electron chi connectivity index (χ2n) is 8.82. The summed E-state index contributed by atoms with van der Waals surface area (Å²) in [6.45, 7) is 6.10. The summed E-state index contributed by atoms with van der Waals surface area (Å²) < 4.78 is 1.78. The Hall–Kier alpha value is -3.55. The van der Waals surface area contributed by atoms with Crippen molar-refractivity contribution in [3.63, 3.8) is 0 Å². The van der Waals surface area contributed by atoms with Crippen LogP contribution in [-0.4, -0.2) is 20.7 Å². The van der Waals surface area contributed by atoms with Gasteiger partial charge in [0.05, 0.1) is 5.57 Å². The maximum Gasteiger partial charge on any atom is 0.255 e. The van der Waals surface area contributed by atoms with Crippen molar-refractivity contribution in [1.29, 1.82) is 0 Å². The fourth-order valence-corrected chi connectivity index (χ4v) is 5.38. The molecule has 1 aliphatic rings. The van der Waals surface area contributed by atoms with Crippen molar-refractivity contribution >= 4 is 40.9 Å². The first kappa shape index (κ1) is 24.2. The van der Waals surface area contributed by atoms with E-state index in [1.807, 2.05) is 61.5 Å². The average Bonchev–Trinajstić information content (AvgIpc) is 3.26. The van der Waals surface area contributed by atoms with Gasteiger partial charge in [-0.1, -0.05) is 77.5 Å². The number of nitrogens with zero attached hydrogens (tertiary/aromatic N) is 3. The number of allylic oxidation sites excluding steroid dienone is 1. The lowest BCUT2D eigenvalue weighted by Crippen LogP contribution is -2.31. The molecule has 5 rings (SSSR count). The molecule has 1 aliphatic heterocycles. The van der Waals surface area contributed by atoms with Crippen LogP contribution in [0.5, 0.6) is 0 Å². The van der Waals surface area contributed by atoms with Gasteiger partial charge < -0.3 is 10.6 Å². The minimum Gasteiger partial charge on any atom is -0.328 e. The Balaban J connectivity index is 1.49.